The van der Waals surface area contributed by atoms with E-state index in [4.69, 9.17) is 14.4 Å². The number of furan rings is 1. The second-order valence-electron chi connectivity index (χ2n) is 7.12. The molecule has 0 atom stereocenters. The predicted molar refractivity (Wildman–Crippen MR) is 120 cm³/mol. The van der Waals surface area contributed by atoms with E-state index in [1.54, 1.807) is 24.5 Å². The molecule has 0 aliphatic heterocycles. The van der Waals surface area contributed by atoms with Gasteiger partial charge in [0.05, 0.1) is 35.2 Å². The zero-order chi connectivity index (χ0) is 21.0. The average molecular weight is 405 g/mol. The van der Waals surface area contributed by atoms with Crippen LogP contribution in [0.3, 0.4) is 0 Å². The molecule has 5 aromatic rings. The lowest BCUT2D eigenvalue weighted by molar-refractivity contribution is 0.0948. The fourth-order valence-corrected chi connectivity index (χ4v) is 3.47. The monoisotopic (exact) mass is 405 g/mol. The van der Waals surface area contributed by atoms with Crippen molar-refractivity contribution in [2.75, 3.05) is 0 Å². The molecular weight excluding hydrogens is 386 g/mol. The van der Waals surface area contributed by atoms with Crippen LogP contribution in [0.5, 0.6) is 0 Å². The van der Waals surface area contributed by atoms with Crippen LogP contribution in [-0.2, 0) is 6.54 Å². The topological polar surface area (TPSA) is 68.0 Å². The van der Waals surface area contributed by atoms with E-state index >= 15 is 0 Å². The molecule has 0 bridgehead atoms. The first-order chi connectivity index (χ1) is 15.3. The maximum absolute atomic E-state index is 12.6. The molecule has 2 aromatic heterocycles. The largest absolute Gasteiger partial charge is 0.467 e. The number of amides is 1. The van der Waals surface area contributed by atoms with Gasteiger partial charge in [0.2, 0.25) is 0 Å². The van der Waals surface area contributed by atoms with Gasteiger partial charge < -0.3 is 9.73 Å². The summed E-state index contributed by atoms with van der Waals surface area (Å²) in [5.74, 6) is 0.515. The van der Waals surface area contributed by atoms with Gasteiger partial charge >= 0.3 is 0 Å². The smallest absolute Gasteiger partial charge is 0.251 e. The number of hydrogen-bond acceptors (Lipinski definition) is 4. The molecule has 0 fully saturated rings. The van der Waals surface area contributed by atoms with Gasteiger partial charge in [0.15, 0.2) is 0 Å². The Kier molecular flexibility index (Phi) is 4.99. The molecule has 0 saturated heterocycles. The molecule has 3 aromatic carbocycles. The Bertz CT molecular complexity index is 1330. The van der Waals surface area contributed by atoms with Crippen molar-refractivity contribution >= 4 is 16.9 Å². The molecule has 0 unspecified atom stereocenters. The molecule has 31 heavy (non-hydrogen) atoms. The van der Waals surface area contributed by atoms with E-state index in [9.17, 15) is 4.79 Å². The first-order valence-electron chi connectivity index (χ1n) is 10.0. The van der Waals surface area contributed by atoms with Crippen molar-refractivity contribution in [3.05, 3.63) is 109 Å². The molecule has 0 aliphatic carbocycles. The van der Waals surface area contributed by atoms with E-state index in [1.807, 2.05) is 72.8 Å². The summed E-state index contributed by atoms with van der Waals surface area (Å²) < 4.78 is 5.27. The lowest BCUT2D eigenvalue weighted by Crippen LogP contribution is -2.22. The van der Waals surface area contributed by atoms with Gasteiger partial charge in [-0.25, -0.2) is 9.97 Å². The maximum Gasteiger partial charge on any atom is 0.251 e. The third-order valence-electron chi connectivity index (χ3n) is 5.02. The van der Waals surface area contributed by atoms with Crippen molar-refractivity contribution in [1.29, 1.82) is 0 Å². The summed E-state index contributed by atoms with van der Waals surface area (Å²) in [5, 5.41) is 2.87. The highest BCUT2D eigenvalue weighted by Gasteiger charge is 2.15. The van der Waals surface area contributed by atoms with Gasteiger partial charge in [0.25, 0.3) is 5.91 Å². The van der Waals surface area contributed by atoms with E-state index < -0.39 is 0 Å². The molecule has 1 N–H and O–H groups in total. The van der Waals surface area contributed by atoms with Crippen molar-refractivity contribution in [3.8, 4) is 22.5 Å². The second kappa shape index (κ2) is 8.24. The van der Waals surface area contributed by atoms with Gasteiger partial charge in [-0.2, -0.15) is 0 Å². The minimum atomic E-state index is -0.187. The number of benzene rings is 3. The third-order valence-corrected chi connectivity index (χ3v) is 5.02. The SMILES string of the molecule is O=C(NCc1ccco1)c1ccc2nc(-c3ccccc3)c(-c3ccccc3)nc2c1. The van der Waals surface area contributed by atoms with Gasteiger partial charge in [-0.15, -0.1) is 0 Å². The zero-order valence-electron chi connectivity index (χ0n) is 16.7. The molecule has 5 rings (SSSR count). The third kappa shape index (κ3) is 3.94. The summed E-state index contributed by atoms with van der Waals surface area (Å²) in [6.45, 7) is 0.331. The van der Waals surface area contributed by atoms with Crippen molar-refractivity contribution in [2.45, 2.75) is 6.54 Å². The number of fused-ring (bicyclic) bond motifs is 1. The number of nitrogens with zero attached hydrogens (tertiary/aromatic N) is 2. The molecule has 5 nitrogen and oxygen atoms in total. The predicted octanol–water partition coefficient (Wildman–Crippen LogP) is 5.49. The van der Waals surface area contributed by atoms with Gasteiger partial charge in [0.1, 0.15) is 5.76 Å². The average Bonchev–Trinajstić information content (AvgIpc) is 3.36. The van der Waals surface area contributed by atoms with E-state index in [0.29, 0.717) is 23.4 Å². The fraction of sp³-hybridized carbons (Fsp3) is 0.0385. The van der Waals surface area contributed by atoms with Crippen LogP contribution in [-0.4, -0.2) is 15.9 Å². The van der Waals surface area contributed by atoms with Crippen LogP contribution >= 0.6 is 0 Å². The van der Waals surface area contributed by atoms with Crippen molar-refractivity contribution in [3.63, 3.8) is 0 Å². The normalized spacial score (nSPS) is 10.8. The van der Waals surface area contributed by atoms with Gasteiger partial charge in [-0.3, -0.25) is 4.79 Å². The Morgan fingerprint density at radius 2 is 1.39 bits per heavy atom. The zero-order valence-corrected chi connectivity index (χ0v) is 16.7. The molecule has 0 aliphatic rings. The highest BCUT2D eigenvalue weighted by atomic mass is 16.3. The van der Waals surface area contributed by atoms with Crippen molar-refractivity contribution in [1.82, 2.24) is 15.3 Å². The second-order valence-corrected chi connectivity index (χ2v) is 7.12. The van der Waals surface area contributed by atoms with Gasteiger partial charge in [0, 0.05) is 16.7 Å². The lowest BCUT2D eigenvalue weighted by atomic mass is 10.0. The molecule has 150 valence electrons. The summed E-state index contributed by atoms with van der Waals surface area (Å²) in [7, 11) is 0. The Morgan fingerprint density at radius 1 is 0.742 bits per heavy atom. The molecule has 1 amide bonds. The van der Waals surface area contributed by atoms with Crippen molar-refractivity contribution < 1.29 is 9.21 Å². The number of carbonyl (C=O) groups is 1. The van der Waals surface area contributed by atoms with Crippen LogP contribution in [0.2, 0.25) is 0 Å². The highest BCUT2D eigenvalue weighted by Crippen LogP contribution is 2.31. The quantitative estimate of drug-likeness (QED) is 0.420. The first kappa shape index (κ1) is 18.8. The van der Waals surface area contributed by atoms with Crippen LogP contribution in [0, 0.1) is 0 Å². The van der Waals surface area contributed by atoms with Crippen LogP contribution in [0.1, 0.15) is 16.1 Å². The van der Waals surface area contributed by atoms with Crippen LogP contribution in [0.4, 0.5) is 0 Å². The Hall–Kier alpha value is -4.25. The van der Waals surface area contributed by atoms with E-state index in [0.717, 1.165) is 28.0 Å². The number of carbonyl (C=O) groups excluding carboxylic acids is 1. The minimum absolute atomic E-state index is 0.187. The van der Waals surface area contributed by atoms with E-state index in [-0.39, 0.29) is 5.91 Å². The van der Waals surface area contributed by atoms with E-state index in [2.05, 4.69) is 5.32 Å². The number of rotatable bonds is 5. The standard InChI is InChI=1S/C26H19N3O2/c30-26(27-17-21-12-7-15-31-21)20-13-14-22-23(16-20)29-25(19-10-5-2-6-11-19)24(28-22)18-8-3-1-4-9-18/h1-16H,17H2,(H,27,30). The maximum atomic E-state index is 12.6. The van der Waals surface area contributed by atoms with Gasteiger partial charge in [-0.05, 0) is 30.3 Å². The Balaban J connectivity index is 1.56. The molecule has 0 radical (unpaired) electrons. The van der Waals surface area contributed by atoms with E-state index in [1.165, 1.54) is 0 Å². The molecular formula is C26H19N3O2. The number of aromatic nitrogens is 2. The first-order valence-corrected chi connectivity index (χ1v) is 10.0. The summed E-state index contributed by atoms with van der Waals surface area (Å²) in [6.07, 6.45) is 1.59. The van der Waals surface area contributed by atoms with Crippen LogP contribution in [0.15, 0.2) is 102 Å². The summed E-state index contributed by atoms with van der Waals surface area (Å²) in [6, 6.07) is 29.0. The van der Waals surface area contributed by atoms with Crippen molar-refractivity contribution in [2.24, 2.45) is 0 Å². The molecule has 0 spiro atoms. The molecule has 0 saturated carbocycles. The summed E-state index contributed by atoms with van der Waals surface area (Å²) in [5.41, 5.74) is 5.51. The Labute approximate surface area is 179 Å². The van der Waals surface area contributed by atoms with Crippen LogP contribution < -0.4 is 5.32 Å². The Morgan fingerprint density at radius 3 is 2.00 bits per heavy atom. The number of nitrogens with one attached hydrogen (secondary N) is 1. The minimum Gasteiger partial charge on any atom is -0.467 e. The fourth-order valence-electron chi connectivity index (χ4n) is 3.47. The highest BCUT2D eigenvalue weighted by molar-refractivity contribution is 5.98. The summed E-state index contributed by atoms with van der Waals surface area (Å²) >= 11 is 0. The van der Waals surface area contributed by atoms with Crippen LogP contribution in [0.25, 0.3) is 33.5 Å². The summed E-state index contributed by atoms with van der Waals surface area (Å²) in [4.78, 5) is 22.4. The lowest BCUT2D eigenvalue weighted by Gasteiger charge is -2.11. The molecule has 2 heterocycles. The number of hydrogen-bond donors (Lipinski definition) is 1. The van der Waals surface area contributed by atoms with Gasteiger partial charge in [-0.1, -0.05) is 60.7 Å². The molecule has 5 heteroatoms.